The SMILES string of the molecule is CCOP(=O)(Cc1cnc(N)c(OC)c1)OCC.CCOP(=O)(Cc1cnc([N+](=O)[O-])c(OC)c1)OCC. The van der Waals surface area contributed by atoms with Crippen molar-refractivity contribution in [1.29, 1.82) is 0 Å². The molecule has 2 aromatic heterocycles. The molecule has 214 valence electrons. The van der Waals surface area contributed by atoms with Crippen LogP contribution in [0.3, 0.4) is 0 Å². The maximum atomic E-state index is 12.4. The molecule has 0 spiro atoms. The summed E-state index contributed by atoms with van der Waals surface area (Å²) in [6, 6.07) is 3.10. The van der Waals surface area contributed by atoms with Crippen molar-refractivity contribution < 1.29 is 41.6 Å². The molecular formula is C22H36N4O10P2. The van der Waals surface area contributed by atoms with E-state index in [-0.39, 0.29) is 37.1 Å². The molecule has 0 aliphatic rings. The molecule has 2 N–H and O–H groups in total. The van der Waals surface area contributed by atoms with Gasteiger partial charge in [-0.2, -0.15) is 0 Å². The van der Waals surface area contributed by atoms with E-state index in [1.807, 2.05) is 0 Å². The van der Waals surface area contributed by atoms with Crippen LogP contribution in [0.5, 0.6) is 11.5 Å². The minimum absolute atomic E-state index is 0.00652. The molecule has 16 heteroatoms. The van der Waals surface area contributed by atoms with Gasteiger partial charge in [0.15, 0.2) is 11.6 Å². The van der Waals surface area contributed by atoms with Crippen molar-refractivity contribution in [2.75, 3.05) is 46.4 Å². The lowest BCUT2D eigenvalue weighted by Gasteiger charge is -2.17. The molecule has 38 heavy (non-hydrogen) atoms. The normalized spacial score (nSPS) is 11.4. The van der Waals surface area contributed by atoms with Crippen LogP contribution in [0.1, 0.15) is 38.8 Å². The van der Waals surface area contributed by atoms with E-state index in [0.29, 0.717) is 35.9 Å². The van der Waals surface area contributed by atoms with E-state index in [9.17, 15) is 19.2 Å². The summed E-state index contributed by atoms with van der Waals surface area (Å²) in [6.45, 7) is 8.11. The number of rotatable bonds is 15. The molecule has 0 radical (unpaired) electrons. The van der Waals surface area contributed by atoms with Gasteiger partial charge in [0.05, 0.1) is 53.0 Å². The zero-order valence-electron chi connectivity index (χ0n) is 22.4. The molecule has 2 rings (SSSR count). The number of anilines is 1. The highest BCUT2D eigenvalue weighted by Gasteiger charge is 2.27. The first-order valence-corrected chi connectivity index (χ1v) is 15.2. The van der Waals surface area contributed by atoms with Crippen LogP contribution in [-0.4, -0.2) is 55.5 Å². The second-order valence-electron chi connectivity index (χ2n) is 7.27. The summed E-state index contributed by atoms with van der Waals surface area (Å²) >= 11 is 0. The van der Waals surface area contributed by atoms with E-state index < -0.39 is 20.1 Å². The topological polar surface area (TPSA) is 184 Å². The molecule has 0 bridgehead atoms. The van der Waals surface area contributed by atoms with Gasteiger partial charge in [0.2, 0.25) is 5.75 Å². The number of nitrogen functional groups attached to an aromatic ring is 1. The number of ether oxygens (including phenoxy) is 2. The second-order valence-corrected chi connectivity index (χ2v) is 11.4. The molecule has 2 heterocycles. The Balaban J connectivity index is 0.000000382. The summed E-state index contributed by atoms with van der Waals surface area (Å²) in [5, 5.41) is 10.7. The predicted octanol–water partition coefficient (Wildman–Crippen LogP) is 5.20. The molecule has 0 fully saturated rings. The highest BCUT2D eigenvalue weighted by molar-refractivity contribution is 7.53. The average molecular weight is 578 g/mol. The second kappa shape index (κ2) is 16.4. The van der Waals surface area contributed by atoms with Gasteiger partial charge in [-0.3, -0.25) is 9.13 Å². The maximum absolute atomic E-state index is 12.4. The van der Waals surface area contributed by atoms with Gasteiger partial charge in [0.1, 0.15) is 6.20 Å². The van der Waals surface area contributed by atoms with Gasteiger partial charge in [0.25, 0.3) is 0 Å². The average Bonchev–Trinajstić information content (AvgIpc) is 2.85. The lowest BCUT2D eigenvalue weighted by atomic mass is 10.3. The number of hydrogen-bond acceptors (Lipinski definition) is 13. The van der Waals surface area contributed by atoms with Gasteiger partial charge in [-0.25, -0.2) is 4.98 Å². The Labute approximate surface area is 222 Å². The lowest BCUT2D eigenvalue weighted by molar-refractivity contribution is -0.390. The summed E-state index contributed by atoms with van der Waals surface area (Å²) in [5.74, 6) is 0.363. The van der Waals surface area contributed by atoms with Crippen molar-refractivity contribution in [3.05, 3.63) is 45.8 Å². The van der Waals surface area contributed by atoms with E-state index in [1.54, 1.807) is 40.0 Å². The molecule has 0 amide bonds. The Morgan fingerprint density at radius 3 is 1.55 bits per heavy atom. The van der Waals surface area contributed by atoms with Crippen LogP contribution in [0, 0.1) is 10.1 Å². The molecular weight excluding hydrogens is 542 g/mol. The van der Waals surface area contributed by atoms with E-state index in [0.717, 1.165) is 0 Å². The first-order valence-electron chi connectivity index (χ1n) is 11.7. The van der Waals surface area contributed by atoms with E-state index in [2.05, 4.69) is 9.97 Å². The van der Waals surface area contributed by atoms with Crippen molar-refractivity contribution in [1.82, 2.24) is 9.97 Å². The fraction of sp³-hybridized carbons (Fsp3) is 0.545. The van der Waals surface area contributed by atoms with Crippen LogP contribution >= 0.6 is 15.2 Å². The van der Waals surface area contributed by atoms with Crippen molar-refractivity contribution in [3.8, 4) is 11.5 Å². The van der Waals surface area contributed by atoms with Crippen molar-refractivity contribution in [2.24, 2.45) is 0 Å². The van der Waals surface area contributed by atoms with E-state index >= 15 is 0 Å². The van der Waals surface area contributed by atoms with Crippen LogP contribution in [0.25, 0.3) is 0 Å². The van der Waals surface area contributed by atoms with Gasteiger partial charge in [-0.15, -0.1) is 0 Å². The summed E-state index contributed by atoms with van der Waals surface area (Å²) in [7, 11) is -3.59. The summed E-state index contributed by atoms with van der Waals surface area (Å²) < 4.78 is 55.4. The number of aromatic nitrogens is 2. The highest BCUT2D eigenvalue weighted by atomic mass is 31.2. The maximum Gasteiger partial charge on any atom is 0.406 e. The number of nitrogens with zero attached hydrogens (tertiary/aromatic N) is 3. The number of nitro groups is 1. The van der Waals surface area contributed by atoms with Crippen LogP contribution in [0.2, 0.25) is 0 Å². The van der Waals surface area contributed by atoms with Gasteiger partial charge in [0, 0.05) is 11.8 Å². The Kier molecular flexibility index (Phi) is 14.4. The van der Waals surface area contributed by atoms with Gasteiger partial charge in [-0.05, 0) is 55.3 Å². The Morgan fingerprint density at radius 1 is 0.789 bits per heavy atom. The quantitative estimate of drug-likeness (QED) is 0.165. The van der Waals surface area contributed by atoms with Crippen LogP contribution in [0.4, 0.5) is 11.6 Å². The molecule has 0 saturated heterocycles. The minimum Gasteiger partial charge on any atom is -0.493 e. The lowest BCUT2D eigenvalue weighted by Crippen LogP contribution is -2.02. The van der Waals surface area contributed by atoms with E-state index in [4.69, 9.17) is 33.3 Å². The first kappa shape index (κ1) is 33.4. The Bertz CT molecular complexity index is 1120. The van der Waals surface area contributed by atoms with Gasteiger partial charge >= 0.3 is 21.0 Å². The molecule has 0 aliphatic carbocycles. The first-order chi connectivity index (χ1) is 18.0. The number of methoxy groups -OCH3 is 2. The molecule has 0 atom stereocenters. The fourth-order valence-corrected chi connectivity index (χ4v) is 6.42. The highest BCUT2D eigenvalue weighted by Crippen LogP contribution is 2.52. The fourth-order valence-electron chi connectivity index (χ4n) is 3.09. The monoisotopic (exact) mass is 578 g/mol. The zero-order valence-corrected chi connectivity index (χ0v) is 24.2. The molecule has 0 aromatic carbocycles. The molecule has 0 aliphatic heterocycles. The number of pyridine rings is 2. The number of hydrogen-bond donors (Lipinski definition) is 1. The Morgan fingerprint density at radius 2 is 1.18 bits per heavy atom. The summed E-state index contributed by atoms with van der Waals surface area (Å²) in [6.07, 6.45) is 2.95. The van der Waals surface area contributed by atoms with E-state index in [1.165, 1.54) is 26.5 Å². The summed E-state index contributed by atoms with van der Waals surface area (Å²) in [4.78, 5) is 17.8. The van der Waals surface area contributed by atoms with Crippen LogP contribution in [0.15, 0.2) is 24.5 Å². The Hall–Kier alpha value is -2.60. The van der Waals surface area contributed by atoms with Crippen molar-refractivity contribution >= 4 is 26.8 Å². The number of nitrogens with two attached hydrogens (primary N) is 1. The minimum atomic E-state index is -3.28. The van der Waals surface area contributed by atoms with Crippen molar-refractivity contribution in [3.63, 3.8) is 0 Å². The predicted molar refractivity (Wildman–Crippen MR) is 142 cm³/mol. The third-order valence-electron chi connectivity index (χ3n) is 4.50. The smallest absolute Gasteiger partial charge is 0.406 e. The largest absolute Gasteiger partial charge is 0.493 e. The zero-order chi connectivity index (χ0) is 28.8. The van der Waals surface area contributed by atoms with Crippen molar-refractivity contribution in [2.45, 2.75) is 40.0 Å². The van der Waals surface area contributed by atoms with Crippen LogP contribution < -0.4 is 15.2 Å². The standard InChI is InChI=1S/C11H17N2O6P.C11H19N2O4P/c1-4-18-20(16,19-5-2)8-9-6-10(17-3)11(12-7-9)13(14)15;1-4-16-18(14,17-5-2)8-9-6-10(15-3)11(12)13-7-9/h6-7H,4-5,8H2,1-3H3;6-7H,4-5,8H2,1-3H3,(H2,12,13). The molecule has 0 unspecified atom stereocenters. The molecule has 14 nitrogen and oxygen atoms in total. The van der Waals surface area contributed by atoms with Gasteiger partial charge < -0.3 is 43.4 Å². The molecule has 0 saturated carbocycles. The molecule has 2 aromatic rings. The van der Waals surface area contributed by atoms with Gasteiger partial charge in [-0.1, -0.05) is 0 Å². The summed E-state index contributed by atoms with van der Waals surface area (Å²) in [5.41, 5.74) is 6.80. The third-order valence-corrected chi connectivity index (χ3v) is 8.61. The van der Waals surface area contributed by atoms with Crippen LogP contribution in [-0.2, 0) is 39.5 Å². The third kappa shape index (κ3) is 10.6.